The number of hydrogen-bond acceptors (Lipinski definition) is 5. The molecule has 0 saturated heterocycles. The summed E-state index contributed by atoms with van der Waals surface area (Å²) in [6.45, 7) is 3.66. The summed E-state index contributed by atoms with van der Waals surface area (Å²) < 4.78 is 19.4. The summed E-state index contributed by atoms with van der Waals surface area (Å²) in [6.07, 6.45) is 0. The number of carbonyl (C=O) groups is 1. The van der Waals surface area contributed by atoms with Crippen molar-refractivity contribution in [3.63, 3.8) is 0 Å². The predicted octanol–water partition coefficient (Wildman–Crippen LogP) is 4.96. The van der Waals surface area contributed by atoms with Gasteiger partial charge in [0.15, 0.2) is 0 Å². The summed E-state index contributed by atoms with van der Waals surface area (Å²) in [5.74, 6) is -0.599. The highest BCUT2D eigenvalue weighted by Gasteiger charge is 2.20. The summed E-state index contributed by atoms with van der Waals surface area (Å²) in [7, 11) is 0. The maximum Gasteiger partial charge on any atom is 0.277 e. The molecule has 134 valence electrons. The molecule has 0 saturated carbocycles. The Morgan fingerprint density at radius 2 is 1.96 bits per heavy atom. The van der Waals surface area contributed by atoms with E-state index < -0.39 is 11.1 Å². The van der Waals surface area contributed by atoms with Crippen LogP contribution in [0, 0.1) is 12.7 Å². The molecule has 1 unspecified atom stereocenters. The maximum atomic E-state index is 13.8. The molecule has 3 rings (SSSR count). The molecule has 3 aromatic rings. The first-order valence-electron chi connectivity index (χ1n) is 7.75. The highest BCUT2D eigenvalue weighted by atomic mass is 35.5. The Morgan fingerprint density at radius 1 is 1.23 bits per heavy atom. The van der Waals surface area contributed by atoms with Crippen LogP contribution in [-0.4, -0.2) is 21.4 Å². The first kappa shape index (κ1) is 18.4. The fourth-order valence-electron chi connectivity index (χ4n) is 2.10. The average molecular weight is 392 g/mol. The predicted molar refractivity (Wildman–Crippen MR) is 99.8 cm³/mol. The zero-order valence-corrected chi connectivity index (χ0v) is 15.6. The summed E-state index contributed by atoms with van der Waals surface area (Å²) in [6, 6.07) is 11.7. The molecule has 1 aromatic heterocycles. The van der Waals surface area contributed by atoms with Gasteiger partial charge < -0.3 is 9.73 Å². The molecule has 0 bridgehead atoms. The van der Waals surface area contributed by atoms with Gasteiger partial charge in [-0.25, -0.2) is 4.39 Å². The van der Waals surface area contributed by atoms with Crippen LogP contribution >= 0.6 is 23.4 Å². The molecule has 0 aliphatic heterocycles. The third-order valence-corrected chi connectivity index (χ3v) is 4.71. The van der Waals surface area contributed by atoms with Crippen molar-refractivity contribution in [2.24, 2.45) is 0 Å². The van der Waals surface area contributed by atoms with Crippen molar-refractivity contribution < 1.29 is 13.6 Å². The van der Waals surface area contributed by atoms with E-state index in [4.69, 9.17) is 16.0 Å². The van der Waals surface area contributed by atoms with Gasteiger partial charge in [-0.2, -0.15) is 0 Å². The number of aromatic nitrogens is 2. The molecular weight excluding hydrogens is 377 g/mol. The highest BCUT2D eigenvalue weighted by Crippen LogP contribution is 2.27. The summed E-state index contributed by atoms with van der Waals surface area (Å²) in [4.78, 5) is 12.2. The number of halogens is 2. The molecule has 1 atom stereocenters. The normalized spacial score (nSPS) is 12.0. The second-order valence-electron chi connectivity index (χ2n) is 5.61. The van der Waals surface area contributed by atoms with Crippen LogP contribution in [0.2, 0.25) is 5.02 Å². The van der Waals surface area contributed by atoms with E-state index >= 15 is 0 Å². The molecule has 0 fully saturated rings. The number of aryl methyl sites for hydroxylation is 1. The Balaban J connectivity index is 1.65. The SMILES string of the molecule is Cc1ccc(-c2nnc(SC(C)C(=O)Nc3ccc(Cl)cc3F)o2)cc1. The number of anilines is 1. The van der Waals surface area contributed by atoms with E-state index in [0.29, 0.717) is 5.89 Å². The van der Waals surface area contributed by atoms with Crippen molar-refractivity contribution in [1.29, 1.82) is 0 Å². The van der Waals surface area contributed by atoms with Crippen LogP contribution in [0.3, 0.4) is 0 Å². The molecule has 2 aromatic carbocycles. The quantitative estimate of drug-likeness (QED) is 0.623. The van der Waals surface area contributed by atoms with E-state index in [-0.39, 0.29) is 21.8 Å². The number of benzene rings is 2. The molecular formula is C18H15ClFN3O2S. The number of hydrogen-bond donors (Lipinski definition) is 1. The Kier molecular flexibility index (Phi) is 5.58. The lowest BCUT2D eigenvalue weighted by molar-refractivity contribution is -0.115. The van der Waals surface area contributed by atoms with Gasteiger partial charge in [0.2, 0.25) is 11.8 Å². The van der Waals surface area contributed by atoms with Gasteiger partial charge >= 0.3 is 0 Å². The molecule has 0 aliphatic rings. The van der Waals surface area contributed by atoms with E-state index in [2.05, 4.69) is 15.5 Å². The summed E-state index contributed by atoms with van der Waals surface area (Å²) in [5.41, 5.74) is 2.00. The van der Waals surface area contributed by atoms with E-state index in [1.54, 1.807) is 6.92 Å². The van der Waals surface area contributed by atoms with E-state index in [9.17, 15) is 9.18 Å². The van der Waals surface area contributed by atoms with Crippen molar-refractivity contribution in [3.8, 4) is 11.5 Å². The maximum absolute atomic E-state index is 13.8. The molecule has 0 spiro atoms. The van der Waals surface area contributed by atoms with Gasteiger partial charge in [-0.15, -0.1) is 10.2 Å². The van der Waals surface area contributed by atoms with Crippen LogP contribution in [-0.2, 0) is 4.79 Å². The standard InChI is InChI=1S/C18H15ClFN3O2S/c1-10-3-5-12(6-4-10)17-22-23-18(25-17)26-11(2)16(24)21-15-8-7-13(19)9-14(15)20/h3-9,11H,1-2H3,(H,21,24). The van der Waals surface area contributed by atoms with E-state index in [1.165, 1.54) is 12.1 Å². The van der Waals surface area contributed by atoms with Crippen LogP contribution in [0.15, 0.2) is 52.1 Å². The second-order valence-corrected chi connectivity index (χ2v) is 7.34. The van der Waals surface area contributed by atoms with Gasteiger partial charge in [0.25, 0.3) is 5.22 Å². The van der Waals surface area contributed by atoms with Crippen molar-refractivity contribution in [3.05, 3.63) is 58.9 Å². The molecule has 1 N–H and O–H groups in total. The van der Waals surface area contributed by atoms with Gasteiger partial charge in [0.05, 0.1) is 10.9 Å². The average Bonchev–Trinajstić information content (AvgIpc) is 3.06. The Morgan fingerprint density at radius 3 is 2.65 bits per heavy atom. The van der Waals surface area contributed by atoms with E-state index in [0.717, 1.165) is 29.0 Å². The number of nitrogens with one attached hydrogen (secondary N) is 1. The van der Waals surface area contributed by atoms with Gasteiger partial charge in [0.1, 0.15) is 5.82 Å². The monoisotopic (exact) mass is 391 g/mol. The van der Waals surface area contributed by atoms with Crippen LogP contribution in [0.1, 0.15) is 12.5 Å². The number of carbonyl (C=O) groups excluding carboxylic acids is 1. The van der Waals surface area contributed by atoms with Crippen LogP contribution in [0.25, 0.3) is 11.5 Å². The Hall–Kier alpha value is -2.38. The van der Waals surface area contributed by atoms with Gasteiger partial charge in [-0.3, -0.25) is 4.79 Å². The topological polar surface area (TPSA) is 68.0 Å². The molecule has 1 heterocycles. The lowest BCUT2D eigenvalue weighted by atomic mass is 10.1. The van der Waals surface area contributed by atoms with Crippen LogP contribution in [0.5, 0.6) is 0 Å². The molecule has 0 aliphatic carbocycles. The zero-order chi connectivity index (χ0) is 18.7. The van der Waals surface area contributed by atoms with E-state index in [1.807, 2.05) is 31.2 Å². The van der Waals surface area contributed by atoms with Gasteiger partial charge in [-0.1, -0.05) is 41.1 Å². The van der Waals surface area contributed by atoms with Crippen LogP contribution in [0.4, 0.5) is 10.1 Å². The number of amides is 1. The fourth-order valence-corrected chi connectivity index (χ4v) is 2.94. The second kappa shape index (κ2) is 7.88. The van der Waals surface area contributed by atoms with Gasteiger partial charge in [-0.05, 0) is 44.2 Å². The highest BCUT2D eigenvalue weighted by molar-refractivity contribution is 8.00. The summed E-state index contributed by atoms with van der Waals surface area (Å²) in [5, 5.41) is 10.4. The smallest absolute Gasteiger partial charge is 0.277 e. The fraction of sp³-hybridized carbons (Fsp3) is 0.167. The first-order valence-corrected chi connectivity index (χ1v) is 9.01. The van der Waals surface area contributed by atoms with Crippen molar-refractivity contribution in [1.82, 2.24) is 10.2 Å². The Bertz CT molecular complexity index is 930. The van der Waals surface area contributed by atoms with Crippen molar-refractivity contribution in [2.45, 2.75) is 24.3 Å². The third kappa shape index (κ3) is 4.42. The largest absolute Gasteiger partial charge is 0.411 e. The van der Waals surface area contributed by atoms with Crippen LogP contribution < -0.4 is 5.32 Å². The third-order valence-electron chi connectivity index (χ3n) is 3.54. The number of thioether (sulfide) groups is 1. The number of nitrogens with zero attached hydrogens (tertiary/aromatic N) is 2. The van der Waals surface area contributed by atoms with Crippen molar-refractivity contribution >= 4 is 35.0 Å². The summed E-state index contributed by atoms with van der Waals surface area (Å²) >= 11 is 6.80. The molecule has 0 radical (unpaired) electrons. The molecule has 26 heavy (non-hydrogen) atoms. The molecule has 1 amide bonds. The van der Waals surface area contributed by atoms with Gasteiger partial charge in [0, 0.05) is 10.6 Å². The molecule has 8 heteroatoms. The van der Waals surface area contributed by atoms with Crippen molar-refractivity contribution in [2.75, 3.05) is 5.32 Å². The zero-order valence-electron chi connectivity index (χ0n) is 14.0. The number of rotatable bonds is 5. The lowest BCUT2D eigenvalue weighted by Gasteiger charge is -2.10. The minimum Gasteiger partial charge on any atom is -0.411 e. The first-order chi connectivity index (χ1) is 12.4. The minimum atomic E-state index is -0.595. The molecule has 5 nitrogen and oxygen atoms in total. The minimum absolute atomic E-state index is 0.0673. The Labute approximate surface area is 159 Å². The lowest BCUT2D eigenvalue weighted by Crippen LogP contribution is -2.23.